The fraction of sp³-hybridized carbons (Fsp3) is 0.217. The van der Waals surface area contributed by atoms with Crippen molar-refractivity contribution in [3.05, 3.63) is 88.8 Å². The third-order valence-electron chi connectivity index (χ3n) is 5.10. The number of amides is 1. The van der Waals surface area contributed by atoms with Crippen LogP contribution in [0.25, 0.3) is 0 Å². The second-order valence-corrected chi connectivity index (χ2v) is 7.45. The number of carbonyl (C=O) groups is 2. The molecule has 3 aromatic rings. The van der Waals surface area contributed by atoms with Crippen molar-refractivity contribution in [2.75, 3.05) is 4.90 Å². The first-order chi connectivity index (χ1) is 14.4. The summed E-state index contributed by atoms with van der Waals surface area (Å²) in [6, 6.07) is 11.5. The van der Waals surface area contributed by atoms with E-state index in [0.29, 0.717) is 17.2 Å². The van der Waals surface area contributed by atoms with Gasteiger partial charge in [0.2, 0.25) is 11.7 Å². The number of hydrogen-bond acceptors (Lipinski definition) is 6. The number of anilines is 1. The Morgan fingerprint density at radius 1 is 1.10 bits per heavy atom. The molecule has 0 saturated carbocycles. The average molecular weight is 403 g/mol. The average Bonchev–Trinajstić information content (AvgIpc) is 3.30. The summed E-state index contributed by atoms with van der Waals surface area (Å²) in [7, 11) is 0. The number of ketones is 1. The number of carbonyl (C=O) groups excluding carboxylic acids is 2. The highest BCUT2D eigenvalue weighted by atomic mass is 16.3. The summed E-state index contributed by atoms with van der Waals surface area (Å²) in [4.78, 5) is 35.7. The molecule has 0 spiro atoms. The Bertz CT molecular complexity index is 1130. The number of hydrogen-bond donors (Lipinski definition) is 1. The fourth-order valence-corrected chi connectivity index (χ4v) is 3.53. The summed E-state index contributed by atoms with van der Waals surface area (Å²) in [6.45, 7) is 5.88. The second-order valence-electron chi connectivity index (χ2n) is 7.45. The highest BCUT2D eigenvalue weighted by Gasteiger charge is 2.46. The molecule has 1 aromatic carbocycles. The van der Waals surface area contributed by atoms with Crippen LogP contribution in [-0.4, -0.2) is 26.8 Å². The number of aryl methyl sites for hydroxylation is 1. The van der Waals surface area contributed by atoms with Crippen LogP contribution in [0, 0.1) is 6.92 Å². The van der Waals surface area contributed by atoms with Gasteiger partial charge in [0.1, 0.15) is 5.76 Å². The molecule has 1 aliphatic rings. The normalized spacial score (nSPS) is 16.6. The van der Waals surface area contributed by atoms with Gasteiger partial charge in [0, 0.05) is 12.4 Å². The van der Waals surface area contributed by atoms with Crippen molar-refractivity contribution in [3.8, 4) is 0 Å². The molecule has 7 nitrogen and oxygen atoms in total. The Morgan fingerprint density at radius 3 is 2.33 bits per heavy atom. The molecule has 152 valence electrons. The largest absolute Gasteiger partial charge is 0.503 e. The first-order valence-corrected chi connectivity index (χ1v) is 9.63. The maximum atomic E-state index is 13.2. The van der Waals surface area contributed by atoms with Crippen LogP contribution in [-0.2, 0) is 4.79 Å². The minimum atomic E-state index is -0.876. The van der Waals surface area contributed by atoms with E-state index in [2.05, 4.69) is 23.8 Å². The summed E-state index contributed by atoms with van der Waals surface area (Å²) in [5.41, 5.74) is 1.73. The van der Waals surface area contributed by atoms with Gasteiger partial charge in [-0.05, 0) is 42.2 Å². The number of aromatic nitrogens is 2. The number of rotatable bonds is 5. The van der Waals surface area contributed by atoms with E-state index in [9.17, 15) is 14.7 Å². The number of nitrogens with zero attached hydrogens (tertiary/aromatic N) is 3. The summed E-state index contributed by atoms with van der Waals surface area (Å²) < 4.78 is 5.46. The van der Waals surface area contributed by atoms with Crippen LogP contribution in [0.3, 0.4) is 0 Å². The van der Waals surface area contributed by atoms with Crippen LogP contribution in [0.2, 0.25) is 0 Å². The summed E-state index contributed by atoms with van der Waals surface area (Å²) >= 11 is 0. The maximum absolute atomic E-state index is 13.2. The molecule has 0 bridgehead atoms. The molecule has 1 amide bonds. The van der Waals surface area contributed by atoms with Gasteiger partial charge in [0.15, 0.2) is 11.5 Å². The Kier molecular flexibility index (Phi) is 4.95. The van der Waals surface area contributed by atoms with E-state index < -0.39 is 23.5 Å². The maximum Gasteiger partial charge on any atom is 0.296 e. The van der Waals surface area contributed by atoms with E-state index in [4.69, 9.17) is 4.42 Å². The predicted octanol–water partition coefficient (Wildman–Crippen LogP) is 4.28. The minimum absolute atomic E-state index is 0.0564. The minimum Gasteiger partial charge on any atom is -0.503 e. The number of furan rings is 1. The second kappa shape index (κ2) is 7.59. The van der Waals surface area contributed by atoms with Crippen molar-refractivity contribution in [1.82, 2.24) is 9.97 Å². The van der Waals surface area contributed by atoms with E-state index in [1.165, 1.54) is 23.4 Å². The van der Waals surface area contributed by atoms with Crippen LogP contribution < -0.4 is 4.90 Å². The van der Waals surface area contributed by atoms with Crippen molar-refractivity contribution >= 4 is 17.6 Å². The molecule has 0 radical (unpaired) electrons. The summed E-state index contributed by atoms with van der Waals surface area (Å²) in [5.74, 6) is -0.861. The van der Waals surface area contributed by atoms with Gasteiger partial charge in [-0.3, -0.25) is 14.5 Å². The van der Waals surface area contributed by atoms with Crippen LogP contribution >= 0.6 is 0 Å². The van der Waals surface area contributed by atoms with Crippen LogP contribution in [0.4, 0.5) is 5.95 Å². The van der Waals surface area contributed by atoms with Crippen molar-refractivity contribution in [1.29, 1.82) is 0 Å². The third-order valence-corrected chi connectivity index (χ3v) is 5.10. The molecule has 30 heavy (non-hydrogen) atoms. The molecule has 0 fully saturated rings. The molecular formula is C23H21N3O4. The number of Topliss-reactive ketones (excluding diaryl/α,β-unsaturated/α-hetero) is 1. The zero-order chi connectivity index (χ0) is 21.4. The number of benzene rings is 1. The number of aliphatic hydroxyl groups is 1. The van der Waals surface area contributed by atoms with Gasteiger partial charge in [0.25, 0.3) is 5.91 Å². The third kappa shape index (κ3) is 3.28. The SMILES string of the molecule is Cc1ccc(C(=O)C2=C(O)C(=O)N(c3ncccn3)C2c2ccc(C(C)C)cc2)o1. The van der Waals surface area contributed by atoms with E-state index in [-0.39, 0.29) is 17.3 Å². The molecule has 4 rings (SSSR count). The van der Waals surface area contributed by atoms with Crippen LogP contribution in [0.15, 0.2) is 70.6 Å². The molecule has 0 saturated heterocycles. The standard InChI is InChI=1S/C23H21N3O4/c1-13(2)15-6-8-16(9-7-15)19-18(20(27)17-10-5-14(3)30-17)21(28)22(29)26(19)23-24-11-4-12-25-23/h4-13,19,28H,1-3H3. The lowest BCUT2D eigenvalue weighted by Crippen LogP contribution is -2.32. The molecule has 3 heterocycles. The Hall–Kier alpha value is -3.74. The lowest BCUT2D eigenvalue weighted by molar-refractivity contribution is -0.117. The van der Waals surface area contributed by atoms with E-state index in [0.717, 1.165) is 5.56 Å². The van der Waals surface area contributed by atoms with Gasteiger partial charge in [-0.25, -0.2) is 9.97 Å². The van der Waals surface area contributed by atoms with E-state index in [1.807, 2.05) is 24.3 Å². The van der Waals surface area contributed by atoms with Gasteiger partial charge < -0.3 is 9.52 Å². The monoisotopic (exact) mass is 403 g/mol. The first kappa shape index (κ1) is 19.6. The van der Waals surface area contributed by atoms with Gasteiger partial charge in [0.05, 0.1) is 11.6 Å². The lowest BCUT2D eigenvalue weighted by atomic mass is 9.93. The molecule has 2 aromatic heterocycles. The summed E-state index contributed by atoms with van der Waals surface area (Å²) in [5, 5.41) is 10.7. The number of aliphatic hydroxyl groups excluding tert-OH is 1. The van der Waals surface area contributed by atoms with Crippen LogP contribution in [0.1, 0.15) is 53.2 Å². The smallest absolute Gasteiger partial charge is 0.296 e. The lowest BCUT2D eigenvalue weighted by Gasteiger charge is -2.25. The first-order valence-electron chi connectivity index (χ1n) is 9.63. The molecular weight excluding hydrogens is 382 g/mol. The zero-order valence-electron chi connectivity index (χ0n) is 16.9. The predicted molar refractivity (Wildman–Crippen MR) is 110 cm³/mol. The Labute approximate surface area is 173 Å². The fourth-order valence-electron chi connectivity index (χ4n) is 3.53. The van der Waals surface area contributed by atoms with Crippen molar-refractivity contribution in [2.24, 2.45) is 0 Å². The van der Waals surface area contributed by atoms with Gasteiger partial charge in [-0.1, -0.05) is 38.1 Å². The quantitative estimate of drug-likeness (QED) is 0.639. The van der Waals surface area contributed by atoms with Crippen molar-refractivity contribution < 1.29 is 19.1 Å². The topological polar surface area (TPSA) is 96.5 Å². The van der Waals surface area contributed by atoms with Gasteiger partial charge in [-0.2, -0.15) is 0 Å². The summed E-state index contributed by atoms with van der Waals surface area (Å²) in [6.07, 6.45) is 3.00. The van der Waals surface area contributed by atoms with Crippen molar-refractivity contribution in [3.63, 3.8) is 0 Å². The van der Waals surface area contributed by atoms with Crippen LogP contribution in [0.5, 0.6) is 0 Å². The molecule has 1 unspecified atom stereocenters. The highest BCUT2D eigenvalue weighted by molar-refractivity contribution is 6.19. The Morgan fingerprint density at radius 2 is 1.77 bits per heavy atom. The molecule has 1 atom stereocenters. The molecule has 0 aliphatic carbocycles. The Balaban J connectivity index is 1.85. The van der Waals surface area contributed by atoms with Gasteiger partial charge in [-0.15, -0.1) is 0 Å². The van der Waals surface area contributed by atoms with E-state index >= 15 is 0 Å². The van der Waals surface area contributed by atoms with E-state index in [1.54, 1.807) is 19.1 Å². The highest BCUT2D eigenvalue weighted by Crippen LogP contribution is 2.41. The van der Waals surface area contributed by atoms with Crippen molar-refractivity contribution in [2.45, 2.75) is 32.7 Å². The zero-order valence-corrected chi connectivity index (χ0v) is 16.9. The molecule has 1 aliphatic heterocycles. The molecule has 1 N–H and O–H groups in total. The van der Waals surface area contributed by atoms with Gasteiger partial charge >= 0.3 is 0 Å². The molecule has 7 heteroatoms.